The first-order valence-corrected chi connectivity index (χ1v) is 8.04. The van der Waals surface area contributed by atoms with Crippen LogP contribution in [0.2, 0.25) is 0 Å². The number of aryl methyl sites for hydroxylation is 1. The fourth-order valence-corrected chi connectivity index (χ4v) is 2.74. The van der Waals surface area contributed by atoms with E-state index in [1.807, 2.05) is 31.2 Å². The predicted octanol–water partition coefficient (Wildman–Crippen LogP) is 2.52. The molecule has 5 nitrogen and oxygen atoms in total. The lowest BCUT2D eigenvalue weighted by Crippen LogP contribution is -2.34. The highest BCUT2D eigenvalue weighted by Gasteiger charge is 2.28. The summed E-state index contributed by atoms with van der Waals surface area (Å²) < 4.78 is 5.43. The highest BCUT2D eigenvalue weighted by Crippen LogP contribution is 2.32. The van der Waals surface area contributed by atoms with E-state index < -0.39 is 22.9 Å². The number of hydrogen-bond donors (Lipinski definition) is 2. The minimum atomic E-state index is -1.08. The molecule has 0 amide bonds. The molecule has 0 saturated heterocycles. The molecule has 0 spiro atoms. The number of esters is 1. The number of hydrogen-bond acceptors (Lipinski definition) is 5. The number of rotatable bonds is 6. The highest BCUT2D eigenvalue weighted by molar-refractivity contribution is 8.00. The van der Waals surface area contributed by atoms with Crippen molar-refractivity contribution in [3.05, 3.63) is 35.4 Å². The second-order valence-electron chi connectivity index (χ2n) is 6.10. The zero-order valence-electron chi connectivity index (χ0n) is 13.3. The van der Waals surface area contributed by atoms with Crippen molar-refractivity contribution in [2.45, 2.75) is 44.6 Å². The number of aliphatic carboxylic acids is 1. The van der Waals surface area contributed by atoms with Crippen molar-refractivity contribution in [1.82, 2.24) is 0 Å². The Labute approximate surface area is 135 Å². The van der Waals surface area contributed by atoms with Gasteiger partial charge in [0.15, 0.2) is 0 Å². The number of carboxylic acids is 1. The largest absolute Gasteiger partial charge is 0.480 e. The smallest absolute Gasteiger partial charge is 0.324 e. The molecule has 1 rings (SSSR count). The summed E-state index contributed by atoms with van der Waals surface area (Å²) in [5, 5.41) is 8.28. The van der Waals surface area contributed by atoms with E-state index in [2.05, 4.69) is 0 Å². The van der Waals surface area contributed by atoms with Gasteiger partial charge in [-0.15, -0.1) is 11.8 Å². The van der Waals surface area contributed by atoms with Gasteiger partial charge >= 0.3 is 11.9 Å². The first-order valence-electron chi connectivity index (χ1n) is 6.99. The van der Waals surface area contributed by atoms with Crippen LogP contribution in [-0.4, -0.2) is 34.4 Å². The average molecular weight is 325 g/mol. The summed E-state index contributed by atoms with van der Waals surface area (Å²) in [6, 6.07) is 6.50. The molecule has 0 radical (unpaired) electrons. The molecule has 0 aliphatic carbocycles. The van der Waals surface area contributed by atoms with Crippen LogP contribution in [-0.2, 0) is 14.3 Å². The molecule has 122 valence electrons. The Morgan fingerprint density at radius 3 is 2.27 bits per heavy atom. The van der Waals surface area contributed by atoms with Gasteiger partial charge in [0.2, 0.25) is 0 Å². The summed E-state index contributed by atoms with van der Waals surface area (Å²) in [4.78, 5) is 23.2. The van der Waals surface area contributed by atoms with E-state index in [1.165, 1.54) is 11.8 Å². The summed E-state index contributed by atoms with van der Waals surface area (Å²) in [6.07, 6.45) is 0. The minimum absolute atomic E-state index is 0.132. The van der Waals surface area contributed by atoms with E-state index in [4.69, 9.17) is 15.6 Å². The van der Waals surface area contributed by atoms with E-state index in [-0.39, 0.29) is 11.7 Å². The van der Waals surface area contributed by atoms with Gasteiger partial charge in [-0.2, -0.15) is 0 Å². The lowest BCUT2D eigenvalue weighted by molar-refractivity contribution is -0.154. The van der Waals surface area contributed by atoms with Gasteiger partial charge in [0, 0.05) is 5.75 Å². The molecule has 3 N–H and O–H groups in total. The van der Waals surface area contributed by atoms with Gasteiger partial charge < -0.3 is 15.6 Å². The van der Waals surface area contributed by atoms with Gasteiger partial charge in [0.1, 0.15) is 16.9 Å². The number of carbonyl (C=O) groups excluding carboxylic acids is 1. The third-order valence-corrected chi connectivity index (χ3v) is 4.11. The molecule has 1 aromatic rings. The first kappa shape index (κ1) is 18.5. The summed E-state index contributed by atoms with van der Waals surface area (Å²) in [7, 11) is 0. The molecular weight excluding hydrogens is 302 g/mol. The van der Waals surface area contributed by atoms with Crippen LogP contribution in [0.3, 0.4) is 0 Å². The molecule has 0 bridgehead atoms. The van der Waals surface area contributed by atoms with E-state index in [0.29, 0.717) is 0 Å². The Morgan fingerprint density at radius 2 is 1.82 bits per heavy atom. The van der Waals surface area contributed by atoms with Crippen LogP contribution in [0.25, 0.3) is 0 Å². The fraction of sp³-hybridized carbons (Fsp3) is 0.500. The topological polar surface area (TPSA) is 89.6 Å². The number of carbonyl (C=O) groups is 2. The van der Waals surface area contributed by atoms with Gasteiger partial charge in [-0.25, -0.2) is 0 Å². The standard InChI is InChI=1S/C16H23NO4S/c1-10-5-7-11(8-6-10)13(15(20)21-16(2,3)4)22-9-12(17)14(18)19/h5-8,12-13H,9,17H2,1-4H3,(H,18,19)/t12-,13?/m0/s1. The third-order valence-electron chi connectivity index (χ3n) is 2.76. The Balaban J connectivity index is 2.92. The van der Waals surface area contributed by atoms with Gasteiger partial charge in [0.05, 0.1) is 0 Å². The van der Waals surface area contributed by atoms with Crippen molar-refractivity contribution < 1.29 is 19.4 Å². The van der Waals surface area contributed by atoms with Crippen LogP contribution < -0.4 is 5.73 Å². The van der Waals surface area contributed by atoms with Crippen LogP contribution in [0.15, 0.2) is 24.3 Å². The van der Waals surface area contributed by atoms with Crippen LogP contribution in [0.5, 0.6) is 0 Å². The fourth-order valence-electron chi connectivity index (χ4n) is 1.67. The van der Waals surface area contributed by atoms with E-state index in [9.17, 15) is 9.59 Å². The van der Waals surface area contributed by atoms with Crippen LogP contribution >= 0.6 is 11.8 Å². The molecule has 6 heteroatoms. The Bertz CT molecular complexity index is 522. The molecule has 22 heavy (non-hydrogen) atoms. The van der Waals surface area contributed by atoms with Gasteiger partial charge in [-0.3, -0.25) is 9.59 Å². The molecule has 0 aliphatic heterocycles. The molecule has 0 aliphatic rings. The number of carboxylic acid groups (broad SMARTS) is 1. The van der Waals surface area contributed by atoms with Gasteiger partial charge in [0.25, 0.3) is 0 Å². The maximum Gasteiger partial charge on any atom is 0.324 e. The lowest BCUT2D eigenvalue weighted by Gasteiger charge is -2.24. The maximum atomic E-state index is 12.4. The molecule has 2 atom stereocenters. The first-order chi connectivity index (χ1) is 10.1. The summed E-state index contributed by atoms with van der Waals surface area (Å²) in [6.45, 7) is 7.35. The molecule has 1 aromatic carbocycles. The number of benzene rings is 1. The Kier molecular flexibility index (Phi) is 6.44. The molecule has 0 heterocycles. The molecular formula is C16H23NO4S. The number of thioether (sulfide) groups is 1. The van der Waals surface area contributed by atoms with Crippen LogP contribution in [0.4, 0.5) is 0 Å². The normalized spacial score (nSPS) is 14.2. The van der Waals surface area contributed by atoms with Crippen molar-refractivity contribution in [3.8, 4) is 0 Å². The van der Waals surface area contributed by atoms with Crippen LogP contribution in [0, 0.1) is 6.92 Å². The van der Waals surface area contributed by atoms with Crippen molar-refractivity contribution in [3.63, 3.8) is 0 Å². The van der Waals surface area contributed by atoms with E-state index >= 15 is 0 Å². The van der Waals surface area contributed by atoms with Crippen molar-refractivity contribution in [1.29, 1.82) is 0 Å². The second-order valence-corrected chi connectivity index (χ2v) is 7.24. The van der Waals surface area contributed by atoms with Gasteiger partial charge in [-0.1, -0.05) is 29.8 Å². The number of nitrogens with two attached hydrogens (primary N) is 1. The zero-order valence-corrected chi connectivity index (χ0v) is 14.1. The Hall–Kier alpha value is -1.53. The van der Waals surface area contributed by atoms with Crippen molar-refractivity contribution in [2.24, 2.45) is 5.73 Å². The highest BCUT2D eigenvalue weighted by atomic mass is 32.2. The second kappa shape index (κ2) is 7.65. The minimum Gasteiger partial charge on any atom is -0.480 e. The molecule has 1 unspecified atom stereocenters. The van der Waals surface area contributed by atoms with Gasteiger partial charge in [-0.05, 0) is 33.3 Å². The van der Waals surface area contributed by atoms with Crippen molar-refractivity contribution in [2.75, 3.05) is 5.75 Å². The average Bonchev–Trinajstić information content (AvgIpc) is 2.38. The third kappa shape index (κ3) is 6.07. The summed E-state index contributed by atoms with van der Waals surface area (Å²) in [5.41, 5.74) is 6.78. The summed E-state index contributed by atoms with van der Waals surface area (Å²) >= 11 is 1.19. The van der Waals surface area contributed by atoms with Crippen LogP contribution in [0.1, 0.15) is 37.1 Å². The lowest BCUT2D eigenvalue weighted by atomic mass is 10.1. The molecule has 0 fully saturated rings. The monoisotopic (exact) mass is 325 g/mol. The Morgan fingerprint density at radius 1 is 1.27 bits per heavy atom. The quantitative estimate of drug-likeness (QED) is 0.781. The summed E-state index contributed by atoms with van der Waals surface area (Å²) in [5.74, 6) is -1.34. The van der Waals surface area contributed by atoms with E-state index in [0.717, 1.165) is 11.1 Å². The van der Waals surface area contributed by atoms with E-state index in [1.54, 1.807) is 20.8 Å². The molecule has 0 saturated carbocycles. The zero-order chi connectivity index (χ0) is 16.9. The molecule has 0 aromatic heterocycles. The number of ether oxygens (including phenoxy) is 1. The predicted molar refractivity (Wildman–Crippen MR) is 87.8 cm³/mol. The SMILES string of the molecule is Cc1ccc(C(SC[C@H](N)C(=O)O)C(=O)OC(C)(C)C)cc1. The van der Waals surface area contributed by atoms with Crippen molar-refractivity contribution >= 4 is 23.7 Å². The maximum absolute atomic E-state index is 12.4.